The summed E-state index contributed by atoms with van der Waals surface area (Å²) in [5.74, 6) is 1.01. The van der Waals surface area contributed by atoms with E-state index in [4.69, 9.17) is 4.42 Å². The van der Waals surface area contributed by atoms with Crippen LogP contribution in [0.15, 0.2) is 52.1 Å². The van der Waals surface area contributed by atoms with Crippen LogP contribution in [0.2, 0.25) is 0 Å². The van der Waals surface area contributed by atoms with Crippen molar-refractivity contribution in [2.75, 3.05) is 26.2 Å². The summed E-state index contributed by atoms with van der Waals surface area (Å²) in [5.41, 5.74) is 2.14. The van der Waals surface area contributed by atoms with Crippen molar-refractivity contribution < 1.29 is 9.21 Å². The van der Waals surface area contributed by atoms with Gasteiger partial charge in [-0.2, -0.15) is 0 Å². The summed E-state index contributed by atoms with van der Waals surface area (Å²) in [4.78, 5) is 16.5. The molecule has 6 heteroatoms. The third-order valence-electron chi connectivity index (χ3n) is 3.85. The molecule has 0 bridgehead atoms. The number of carbonyl (C=O) groups is 1. The first-order chi connectivity index (χ1) is 12.7. The Kier molecular flexibility index (Phi) is 8.26. The number of guanidine groups is 1. The average Bonchev–Trinajstić information content (AvgIpc) is 3.08. The van der Waals surface area contributed by atoms with Crippen molar-refractivity contribution in [3.8, 4) is 0 Å². The summed E-state index contributed by atoms with van der Waals surface area (Å²) in [7, 11) is 0. The van der Waals surface area contributed by atoms with Gasteiger partial charge >= 0.3 is 0 Å². The van der Waals surface area contributed by atoms with E-state index in [1.165, 1.54) is 11.8 Å². The maximum absolute atomic E-state index is 11.9. The molecule has 0 saturated carbocycles. The van der Waals surface area contributed by atoms with Gasteiger partial charge < -0.3 is 20.4 Å². The lowest BCUT2D eigenvalue weighted by Crippen LogP contribution is -2.38. The molecule has 1 aromatic carbocycles. The van der Waals surface area contributed by atoms with Gasteiger partial charge in [-0.15, -0.1) is 0 Å². The predicted molar refractivity (Wildman–Crippen MR) is 105 cm³/mol. The topological polar surface area (TPSA) is 78.7 Å². The van der Waals surface area contributed by atoms with E-state index in [-0.39, 0.29) is 5.91 Å². The van der Waals surface area contributed by atoms with Crippen molar-refractivity contribution in [3.05, 3.63) is 59.5 Å². The molecule has 0 aliphatic heterocycles. The van der Waals surface area contributed by atoms with Crippen LogP contribution in [0, 0.1) is 6.92 Å². The molecule has 0 atom stereocenters. The van der Waals surface area contributed by atoms with E-state index < -0.39 is 0 Å². The second-order valence-electron chi connectivity index (χ2n) is 5.97. The number of carbonyl (C=O) groups excluding carboxylic acids is 1. The minimum Gasteiger partial charge on any atom is -0.459 e. The summed E-state index contributed by atoms with van der Waals surface area (Å²) >= 11 is 0. The number of amides is 1. The fraction of sp³-hybridized carbons (Fsp3) is 0.400. The molecule has 140 valence electrons. The predicted octanol–water partition coefficient (Wildman–Crippen LogP) is 2.51. The van der Waals surface area contributed by atoms with Gasteiger partial charge in [0.25, 0.3) is 5.91 Å². The molecule has 3 N–H and O–H groups in total. The second kappa shape index (κ2) is 11.0. The Labute approximate surface area is 155 Å². The summed E-state index contributed by atoms with van der Waals surface area (Å²) < 4.78 is 5.17. The smallest absolute Gasteiger partial charge is 0.287 e. The number of furan rings is 1. The van der Waals surface area contributed by atoms with Crippen LogP contribution < -0.4 is 16.0 Å². The maximum Gasteiger partial charge on any atom is 0.287 e. The largest absolute Gasteiger partial charge is 0.459 e. The molecule has 1 amide bonds. The zero-order valence-corrected chi connectivity index (χ0v) is 15.5. The van der Waals surface area contributed by atoms with Gasteiger partial charge in [-0.3, -0.25) is 9.79 Å². The zero-order chi connectivity index (χ0) is 18.6. The van der Waals surface area contributed by atoms with Crippen LogP contribution in [-0.2, 0) is 6.42 Å². The minimum atomic E-state index is -0.177. The summed E-state index contributed by atoms with van der Waals surface area (Å²) in [6.45, 7) is 6.73. The highest BCUT2D eigenvalue weighted by Gasteiger charge is 2.11. The monoisotopic (exact) mass is 356 g/mol. The molecule has 0 radical (unpaired) electrons. The molecule has 2 aromatic rings. The fourth-order valence-electron chi connectivity index (χ4n) is 2.47. The molecule has 1 heterocycles. The Morgan fingerprint density at radius 1 is 1.08 bits per heavy atom. The SMILES string of the molecule is CCNC(=NCCCNC(=O)c1occc1C)NCCc1ccccc1. The van der Waals surface area contributed by atoms with Crippen LogP contribution in [0.5, 0.6) is 0 Å². The number of hydrogen-bond donors (Lipinski definition) is 3. The number of aryl methyl sites for hydroxylation is 1. The molecule has 0 spiro atoms. The van der Waals surface area contributed by atoms with Crippen molar-refractivity contribution in [1.29, 1.82) is 0 Å². The average molecular weight is 356 g/mol. The first-order valence-corrected chi connectivity index (χ1v) is 9.09. The van der Waals surface area contributed by atoms with Gasteiger partial charge in [-0.25, -0.2) is 0 Å². The molecule has 6 nitrogen and oxygen atoms in total. The Balaban J connectivity index is 1.67. The lowest BCUT2D eigenvalue weighted by atomic mass is 10.1. The van der Waals surface area contributed by atoms with Crippen LogP contribution in [0.3, 0.4) is 0 Å². The third-order valence-corrected chi connectivity index (χ3v) is 3.85. The molecule has 2 rings (SSSR count). The first kappa shape index (κ1) is 19.6. The first-order valence-electron chi connectivity index (χ1n) is 9.09. The van der Waals surface area contributed by atoms with Crippen molar-refractivity contribution >= 4 is 11.9 Å². The summed E-state index contributed by atoms with van der Waals surface area (Å²) in [5, 5.41) is 9.42. The second-order valence-corrected chi connectivity index (χ2v) is 5.97. The maximum atomic E-state index is 11.9. The Bertz CT molecular complexity index is 695. The van der Waals surface area contributed by atoms with E-state index in [0.29, 0.717) is 18.8 Å². The van der Waals surface area contributed by atoms with Crippen LogP contribution >= 0.6 is 0 Å². The molecule has 1 aromatic heterocycles. The van der Waals surface area contributed by atoms with Crippen molar-refractivity contribution in [2.45, 2.75) is 26.7 Å². The van der Waals surface area contributed by atoms with Crippen LogP contribution in [0.4, 0.5) is 0 Å². The highest BCUT2D eigenvalue weighted by molar-refractivity contribution is 5.92. The number of rotatable bonds is 9. The van der Waals surface area contributed by atoms with Gasteiger partial charge in [0.05, 0.1) is 6.26 Å². The van der Waals surface area contributed by atoms with Gasteiger partial charge in [0.15, 0.2) is 11.7 Å². The fourth-order valence-corrected chi connectivity index (χ4v) is 2.47. The number of nitrogens with one attached hydrogen (secondary N) is 3. The van der Waals surface area contributed by atoms with Crippen molar-refractivity contribution in [1.82, 2.24) is 16.0 Å². The molecule has 0 saturated heterocycles. The van der Waals surface area contributed by atoms with Gasteiger partial charge in [-0.1, -0.05) is 30.3 Å². The molecular formula is C20H28N4O2. The highest BCUT2D eigenvalue weighted by Crippen LogP contribution is 2.07. The van der Waals surface area contributed by atoms with Crippen LogP contribution in [-0.4, -0.2) is 38.0 Å². The lowest BCUT2D eigenvalue weighted by molar-refractivity contribution is 0.0925. The van der Waals surface area contributed by atoms with E-state index >= 15 is 0 Å². The molecule has 0 aliphatic rings. The molecule has 26 heavy (non-hydrogen) atoms. The standard InChI is InChI=1S/C20H28N4O2/c1-3-21-20(24-14-10-17-8-5-4-6-9-17)23-13-7-12-22-19(25)18-16(2)11-15-26-18/h4-6,8-9,11,15H,3,7,10,12-14H2,1-2H3,(H,22,25)(H2,21,23,24). The third kappa shape index (κ3) is 6.63. The zero-order valence-electron chi connectivity index (χ0n) is 15.5. The van der Waals surface area contributed by atoms with Gasteiger partial charge in [0.2, 0.25) is 0 Å². The van der Waals surface area contributed by atoms with Crippen LogP contribution in [0.25, 0.3) is 0 Å². The Hall–Kier alpha value is -2.76. The van der Waals surface area contributed by atoms with Crippen molar-refractivity contribution in [3.63, 3.8) is 0 Å². The number of hydrogen-bond acceptors (Lipinski definition) is 3. The normalized spacial score (nSPS) is 11.2. The Morgan fingerprint density at radius 3 is 2.58 bits per heavy atom. The quantitative estimate of drug-likeness (QED) is 0.366. The molecular weight excluding hydrogens is 328 g/mol. The highest BCUT2D eigenvalue weighted by atomic mass is 16.3. The summed E-state index contributed by atoms with van der Waals surface area (Å²) in [6.07, 6.45) is 3.24. The molecule has 0 fully saturated rings. The number of aliphatic imine (C=N–C) groups is 1. The minimum absolute atomic E-state index is 0.177. The number of nitrogens with zero attached hydrogens (tertiary/aromatic N) is 1. The molecule has 0 aliphatic carbocycles. The van der Waals surface area contributed by atoms with E-state index in [2.05, 4.69) is 33.1 Å². The van der Waals surface area contributed by atoms with E-state index in [0.717, 1.165) is 37.5 Å². The number of benzene rings is 1. The van der Waals surface area contributed by atoms with Gasteiger partial charge in [0.1, 0.15) is 0 Å². The van der Waals surface area contributed by atoms with Crippen molar-refractivity contribution in [2.24, 2.45) is 4.99 Å². The van der Waals surface area contributed by atoms with Gasteiger partial charge in [0, 0.05) is 31.7 Å². The van der Waals surface area contributed by atoms with E-state index in [1.54, 1.807) is 6.07 Å². The van der Waals surface area contributed by atoms with E-state index in [9.17, 15) is 4.79 Å². The lowest BCUT2D eigenvalue weighted by Gasteiger charge is -2.11. The van der Waals surface area contributed by atoms with Gasteiger partial charge in [-0.05, 0) is 38.3 Å². The molecule has 0 unspecified atom stereocenters. The summed E-state index contributed by atoms with van der Waals surface area (Å²) in [6, 6.07) is 12.1. The van der Waals surface area contributed by atoms with Crippen LogP contribution in [0.1, 0.15) is 35.0 Å². The Morgan fingerprint density at radius 2 is 1.88 bits per heavy atom. The van der Waals surface area contributed by atoms with E-state index in [1.807, 2.05) is 32.0 Å².